The molecule has 0 unspecified atom stereocenters. The van der Waals surface area contributed by atoms with Crippen LogP contribution in [0.1, 0.15) is 60.3 Å². The smallest absolute Gasteiger partial charge is 0.305 e. The van der Waals surface area contributed by atoms with E-state index in [0.717, 1.165) is 0 Å². The zero-order valence-electron chi connectivity index (χ0n) is 23.4. The number of aliphatic hydroxyl groups excluding tert-OH is 1. The fourth-order valence-electron chi connectivity index (χ4n) is 4.56. The number of fused-ring (bicyclic) bond motifs is 1. The van der Waals surface area contributed by atoms with Gasteiger partial charge in [-0.3, -0.25) is 33.6 Å². The van der Waals surface area contributed by atoms with Gasteiger partial charge in [0, 0.05) is 6.54 Å². The van der Waals surface area contributed by atoms with E-state index in [1.807, 2.05) is 0 Å². The zero-order valence-corrected chi connectivity index (χ0v) is 23.4. The number of hydrogen-bond acceptors (Lipinski definition) is 8. The Labute approximate surface area is 232 Å². The summed E-state index contributed by atoms with van der Waals surface area (Å²) in [5.74, 6) is -6.21. The van der Waals surface area contributed by atoms with Gasteiger partial charge in [-0.1, -0.05) is 13.8 Å². The van der Waals surface area contributed by atoms with E-state index in [9.17, 15) is 43.8 Å². The van der Waals surface area contributed by atoms with Crippen LogP contribution in [0, 0.1) is 5.92 Å². The summed E-state index contributed by atoms with van der Waals surface area (Å²) < 4.78 is 0. The molecule has 0 aromatic carbocycles. The van der Waals surface area contributed by atoms with Gasteiger partial charge in [0.25, 0.3) is 0 Å². The Morgan fingerprint density at radius 2 is 1.35 bits per heavy atom. The van der Waals surface area contributed by atoms with Gasteiger partial charge in [0.2, 0.25) is 35.4 Å². The van der Waals surface area contributed by atoms with Crippen LogP contribution in [0.2, 0.25) is 0 Å². The van der Waals surface area contributed by atoms with E-state index < -0.39 is 90.2 Å². The largest absolute Gasteiger partial charge is 0.481 e. The van der Waals surface area contributed by atoms with Gasteiger partial charge in [-0.25, -0.2) is 0 Å². The third-order valence-corrected chi connectivity index (χ3v) is 6.74. The molecule has 6 amide bonds. The van der Waals surface area contributed by atoms with E-state index in [2.05, 4.69) is 26.6 Å². The van der Waals surface area contributed by atoms with Crippen molar-refractivity contribution < 1.29 is 43.8 Å². The highest BCUT2D eigenvalue weighted by Gasteiger charge is 2.41. The fraction of sp³-hybridized carbons (Fsp3) is 0.720. The lowest BCUT2D eigenvalue weighted by molar-refractivity contribution is -0.145. The standard InChI is InChI=1S/C25H40N6O9/c1-11(2)9-15-22(37)29-16(10-18(33)34)23(38)30-19(14(5)32)25(40)31-8-6-7-17(31)24(39)27-12(3)20(35)26-13(4)21(36)28-15/h11-17,19,32H,6-10H2,1-5H3,(H,26,35)(H,27,39)(H,28,36)(H,29,37)(H,30,38)(H,33,34)/t12-,13-,14+,15-,16-,17+,19-/m0/s1. The van der Waals surface area contributed by atoms with E-state index in [4.69, 9.17) is 0 Å². The van der Waals surface area contributed by atoms with Crippen molar-refractivity contribution in [1.82, 2.24) is 31.5 Å². The Balaban J connectivity index is 2.49. The van der Waals surface area contributed by atoms with Crippen molar-refractivity contribution in [3.63, 3.8) is 0 Å². The summed E-state index contributed by atoms with van der Waals surface area (Å²) in [4.78, 5) is 90.9. The van der Waals surface area contributed by atoms with Crippen molar-refractivity contribution in [2.45, 2.75) is 103 Å². The van der Waals surface area contributed by atoms with Crippen LogP contribution in [0.4, 0.5) is 0 Å². The molecule has 0 aromatic rings. The molecule has 7 N–H and O–H groups in total. The Morgan fingerprint density at radius 3 is 1.90 bits per heavy atom. The van der Waals surface area contributed by atoms with Crippen molar-refractivity contribution in [2.75, 3.05) is 6.54 Å². The van der Waals surface area contributed by atoms with Crippen molar-refractivity contribution in [3.8, 4) is 0 Å². The van der Waals surface area contributed by atoms with Crippen molar-refractivity contribution in [3.05, 3.63) is 0 Å². The van der Waals surface area contributed by atoms with Crippen LogP contribution in [0.25, 0.3) is 0 Å². The Bertz CT molecular complexity index is 1020. The lowest BCUT2D eigenvalue weighted by atomic mass is 10.0. The summed E-state index contributed by atoms with van der Waals surface area (Å²) in [5, 5.41) is 31.9. The minimum atomic E-state index is -1.65. The minimum Gasteiger partial charge on any atom is -0.481 e. The highest BCUT2D eigenvalue weighted by molar-refractivity contribution is 5.99. The van der Waals surface area contributed by atoms with E-state index in [1.54, 1.807) is 13.8 Å². The number of carbonyl (C=O) groups excluding carboxylic acids is 6. The molecule has 0 aromatic heterocycles. The van der Waals surface area contributed by atoms with Gasteiger partial charge >= 0.3 is 5.97 Å². The first-order valence-corrected chi connectivity index (χ1v) is 13.3. The average molecular weight is 569 g/mol. The van der Waals surface area contributed by atoms with Crippen LogP contribution >= 0.6 is 0 Å². The first-order chi connectivity index (χ1) is 18.6. The zero-order chi connectivity index (χ0) is 30.3. The number of hydrogen-bond donors (Lipinski definition) is 7. The Kier molecular flexibility index (Phi) is 11.4. The molecule has 2 aliphatic rings. The summed E-state index contributed by atoms with van der Waals surface area (Å²) >= 11 is 0. The predicted molar refractivity (Wildman–Crippen MR) is 139 cm³/mol. The molecule has 40 heavy (non-hydrogen) atoms. The summed E-state index contributed by atoms with van der Waals surface area (Å²) in [6, 6.07) is -7.57. The van der Waals surface area contributed by atoms with Crippen LogP contribution in [0.5, 0.6) is 0 Å². The summed E-state index contributed by atoms with van der Waals surface area (Å²) in [7, 11) is 0. The predicted octanol–water partition coefficient (Wildman–Crippen LogP) is -2.64. The molecule has 7 atom stereocenters. The second-order valence-corrected chi connectivity index (χ2v) is 10.7. The highest BCUT2D eigenvalue weighted by Crippen LogP contribution is 2.20. The molecule has 2 aliphatic heterocycles. The van der Waals surface area contributed by atoms with E-state index in [-0.39, 0.29) is 25.3 Å². The van der Waals surface area contributed by atoms with Gasteiger partial charge in [-0.15, -0.1) is 0 Å². The van der Waals surface area contributed by atoms with Crippen LogP contribution in [0.15, 0.2) is 0 Å². The molecular weight excluding hydrogens is 528 g/mol. The lowest BCUT2D eigenvalue weighted by Gasteiger charge is -2.32. The van der Waals surface area contributed by atoms with Crippen LogP contribution < -0.4 is 26.6 Å². The second kappa shape index (κ2) is 14.1. The van der Waals surface area contributed by atoms with E-state index >= 15 is 0 Å². The normalized spacial score (nSPS) is 30.2. The number of carbonyl (C=O) groups is 7. The topological polar surface area (TPSA) is 223 Å². The van der Waals surface area contributed by atoms with Gasteiger partial charge in [0.15, 0.2) is 0 Å². The maximum absolute atomic E-state index is 13.4. The van der Waals surface area contributed by atoms with Gasteiger partial charge in [-0.05, 0) is 46.0 Å². The van der Waals surface area contributed by atoms with Crippen molar-refractivity contribution >= 4 is 41.4 Å². The number of nitrogens with one attached hydrogen (secondary N) is 5. The third-order valence-electron chi connectivity index (χ3n) is 6.74. The number of nitrogens with zero attached hydrogens (tertiary/aromatic N) is 1. The SMILES string of the molecule is CC(C)C[C@@H]1NC(=O)[C@H](C)NC(=O)[C@H](C)NC(=O)[C@H]2CCCN2C(=O)[C@H]([C@@H](C)O)NC(=O)[C@H](CC(=O)O)NC1=O. The molecule has 0 spiro atoms. The number of aliphatic hydroxyl groups is 1. The number of rotatable bonds is 5. The Hall–Kier alpha value is -3.75. The second-order valence-electron chi connectivity index (χ2n) is 10.7. The highest BCUT2D eigenvalue weighted by atomic mass is 16.4. The Morgan fingerprint density at radius 1 is 0.825 bits per heavy atom. The molecule has 15 heteroatoms. The summed E-state index contributed by atoms with van der Waals surface area (Å²) in [6.45, 7) is 7.75. The fourth-order valence-corrected chi connectivity index (χ4v) is 4.56. The number of carboxylic acids is 1. The molecule has 0 bridgehead atoms. The third kappa shape index (κ3) is 8.63. The molecule has 0 radical (unpaired) electrons. The van der Waals surface area contributed by atoms with Gasteiger partial charge in [0.05, 0.1) is 12.5 Å². The van der Waals surface area contributed by atoms with E-state index in [0.29, 0.717) is 6.42 Å². The summed E-state index contributed by atoms with van der Waals surface area (Å²) in [6.07, 6.45) is -1.46. The first kappa shape index (κ1) is 32.5. The molecule has 0 saturated carbocycles. The number of amides is 6. The van der Waals surface area contributed by atoms with Crippen LogP contribution in [0.3, 0.4) is 0 Å². The molecule has 15 nitrogen and oxygen atoms in total. The van der Waals surface area contributed by atoms with Gasteiger partial charge in [0.1, 0.15) is 36.3 Å². The summed E-state index contributed by atoms with van der Waals surface area (Å²) in [5.41, 5.74) is 0. The monoisotopic (exact) mass is 568 g/mol. The maximum atomic E-state index is 13.4. The van der Waals surface area contributed by atoms with E-state index in [1.165, 1.54) is 25.7 Å². The maximum Gasteiger partial charge on any atom is 0.305 e. The molecule has 2 fully saturated rings. The minimum absolute atomic E-state index is 0.105. The number of carboxylic acid groups (broad SMARTS) is 1. The van der Waals surface area contributed by atoms with Crippen LogP contribution in [-0.2, 0) is 33.6 Å². The molecule has 2 rings (SSSR count). The molecular formula is C25H40N6O9. The van der Waals surface area contributed by atoms with Crippen LogP contribution in [-0.4, -0.2) is 105 Å². The molecule has 0 aliphatic carbocycles. The van der Waals surface area contributed by atoms with Crippen molar-refractivity contribution in [1.29, 1.82) is 0 Å². The lowest BCUT2D eigenvalue weighted by Crippen LogP contribution is -2.62. The van der Waals surface area contributed by atoms with Crippen molar-refractivity contribution in [2.24, 2.45) is 5.92 Å². The molecule has 2 saturated heterocycles. The average Bonchev–Trinajstić information content (AvgIpc) is 3.34. The number of aliphatic carboxylic acids is 1. The van der Waals surface area contributed by atoms with Gasteiger partial charge in [-0.2, -0.15) is 0 Å². The first-order valence-electron chi connectivity index (χ1n) is 13.3. The quantitative estimate of drug-likeness (QED) is 0.184. The molecule has 224 valence electrons. The molecule has 2 heterocycles. The van der Waals surface area contributed by atoms with Gasteiger partial charge < -0.3 is 41.7 Å².